The summed E-state index contributed by atoms with van der Waals surface area (Å²) in [5.41, 5.74) is 1.19. The minimum atomic E-state index is -0.184. The van der Waals surface area contributed by atoms with Gasteiger partial charge in [0.05, 0.1) is 0 Å². The van der Waals surface area contributed by atoms with E-state index < -0.39 is 0 Å². The lowest BCUT2D eigenvalue weighted by Crippen LogP contribution is -2.44. The molecule has 0 amide bonds. The molecule has 0 aliphatic carbocycles. The number of methoxy groups -OCH3 is 6. The summed E-state index contributed by atoms with van der Waals surface area (Å²) < 4.78 is 32.8. The Labute approximate surface area is 167 Å². The molecule has 0 aromatic carbocycles. The van der Waals surface area contributed by atoms with Crippen LogP contribution in [0.4, 0.5) is 0 Å². The quantitative estimate of drug-likeness (QED) is 0.299. The van der Waals surface area contributed by atoms with Gasteiger partial charge in [-0.25, -0.2) is 0 Å². The average Bonchev–Trinajstić information content (AvgIpc) is 2.66. The zero-order valence-corrected chi connectivity index (χ0v) is 20.9. The van der Waals surface area contributed by atoms with Crippen molar-refractivity contribution in [2.24, 2.45) is 5.41 Å². The van der Waals surface area contributed by atoms with Crippen LogP contribution in [-0.2, 0) is 28.4 Å². The van der Waals surface area contributed by atoms with Gasteiger partial charge in [-0.05, 0) is 22.0 Å². The van der Waals surface area contributed by atoms with Gasteiger partial charge in [-0.1, -0.05) is 27.7 Å². The Morgan fingerprint density at radius 2 is 0.692 bits per heavy atom. The predicted molar refractivity (Wildman–Crippen MR) is 107 cm³/mol. The fourth-order valence-corrected chi connectivity index (χ4v) is 8.09. The molecule has 152 valence electrons. The molecule has 9 heteroatoms. The van der Waals surface area contributed by atoms with E-state index in [2.05, 4.69) is 27.7 Å². The normalized spacial score (nSPS) is 18.3. The molecule has 0 aliphatic heterocycles. The molecule has 0 bridgehead atoms. The average molecular weight is 421 g/mol. The highest BCUT2D eigenvalue weighted by atomic mass is 28.2. The fourth-order valence-electron chi connectivity index (χ4n) is 2.97. The molecule has 0 aliphatic rings. The molecule has 0 saturated carbocycles. The highest BCUT2D eigenvalue weighted by Crippen LogP contribution is 2.52. The van der Waals surface area contributed by atoms with E-state index >= 15 is 0 Å². The number of hydrogen-bond donors (Lipinski definition) is 0. The largest absolute Gasteiger partial charge is 0.360 e. The standard InChI is InChI=1S/C17H36O6Si3/c1-11(24-14(18-5)19-6)17(4,12(2)25-15(20-7)21-8)13(3)26-16(22-9)23-10/h11-16H,1-10H3. The second kappa shape index (κ2) is 13.6. The predicted octanol–water partition coefficient (Wildman–Crippen LogP) is 2.26. The van der Waals surface area contributed by atoms with Crippen molar-refractivity contribution in [1.29, 1.82) is 0 Å². The van der Waals surface area contributed by atoms with E-state index in [-0.39, 0.29) is 23.2 Å². The molecule has 0 heterocycles. The van der Waals surface area contributed by atoms with Crippen molar-refractivity contribution in [2.75, 3.05) is 42.7 Å². The maximum atomic E-state index is 5.47. The highest BCUT2D eigenvalue weighted by molar-refractivity contribution is 6.44. The van der Waals surface area contributed by atoms with Crippen LogP contribution in [0.2, 0.25) is 16.6 Å². The zero-order chi connectivity index (χ0) is 20.3. The monoisotopic (exact) mass is 420 g/mol. The van der Waals surface area contributed by atoms with Crippen LogP contribution in [0.5, 0.6) is 0 Å². The third-order valence-corrected chi connectivity index (χ3v) is 10.8. The molecule has 3 unspecified atom stereocenters. The summed E-state index contributed by atoms with van der Waals surface area (Å²) >= 11 is 0. The summed E-state index contributed by atoms with van der Waals surface area (Å²) in [6, 6.07) is 0. The lowest BCUT2D eigenvalue weighted by Gasteiger charge is -2.47. The molecule has 0 aromatic rings. The lowest BCUT2D eigenvalue weighted by molar-refractivity contribution is -0.0491. The van der Waals surface area contributed by atoms with E-state index in [0.29, 0.717) is 45.2 Å². The van der Waals surface area contributed by atoms with Gasteiger partial charge in [-0.15, -0.1) is 0 Å². The van der Waals surface area contributed by atoms with Gasteiger partial charge in [0.1, 0.15) is 46.3 Å². The molecule has 6 nitrogen and oxygen atoms in total. The van der Waals surface area contributed by atoms with Crippen molar-refractivity contribution in [3.63, 3.8) is 0 Å². The molecular formula is C17H36O6Si3. The Morgan fingerprint density at radius 3 is 0.846 bits per heavy atom. The maximum Gasteiger partial charge on any atom is 0.136 e. The second-order valence-corrected chi connectivity index (χ2v) is 11.5. The summed E-state index contributed by atoms with van der Waals surface area (Å²) in [7, 11) is 11.8. The third kappa shape index (κ3) is 7.44. The van der Waals surface area contributed by atoms with Crippen LogP contribution in [-0.4, -0.2) is 89.0 Å². The molecule has 0 N–H and O–H groups in total. The van der Waals surface area contributed by atoms with Gasteiger partial charge < -0.3 is 28.4 Å². The molecular weight excluding hydrogens is 384 g/mol. The van der Waals surface area contributed by atoms with Crippen LogP contribution in [0.15, 0.2) is 0 Å². The smallest absolute Gasteiger partial charge is 0.136 e. The molecule has 6 radical (unpaired) electrons. The first kappa shape index (κ1) is 26.4. The number of rotatable bonds is 15. The first-order valence-corrected chi connectivity index (χ1v) is 12.2. The Balaban J connectivity index is 5.52. The summed E-state index contributed by atoms with van der Waals surface area (Å²) in [5.74, 6) is -0.551. The van der Waals surface area contributed by atoms with E-state index in [4.69, 9.17) is 28.4 Å². The van der Waals surface area contributed by atoms with Crippen LogP contribution in [0, 0.1) is 5.41 Å². The molecule has 0 aromatic heterocycles. The molecule has 26 heavy (non-hydrogen) atoms. The van der Waals surface area contributed by atoms with Crippen molar-refractivity contribution in [2.45, 2.75) is 62.1 Å². The van der Waals surface area contributed by atoms with Crippen LogP contribution < -0.4 is 0 Å². The molecule has 3 atom stereocenters. The van der Waals surface area contributed by atoms with Crippen molar-refractivity contribution in [3.8, 4) is 0 Å². The lowest BCUT2D eigenvalue weighted by atomic mass is 9.80. The Kier molecular flexibility index (Phi) is 13.8. The van der Waals surface area contributed by atoms with Crippen molar-refractivity contribution in [1.82, 2.24) is 0 Å². The second-order valence-electron chi connectivity index (χ2n) is 6.44. The van der Waals surface area contributed by atoms with E-state index in [1.165, 1.54) is 0 Å². The fraction of sp³-hybridized carbons (Fsp3) is 1.00. The summed E-state index contributed by atoms with van der Waals surface area (Å²) in [4.78, 5) is 0. The van der Waals surface area contributed by atoms with Gasteiger partial charge in [0.25, 0.3) is 0 Å². The Morgan fingerprint density at radius 1 is 0.500 bits per heavy atom. The van der Waals surface area contributed by atoms with E-state index in [0.717, 1.165) is 0 Å². The topological polar surface area (TPSA) is 55.4 Å². The van der Waals surface area contributed by atoms with Gasteiger partial charge in [-0.2, -0.15) is 0 Å². The van der Waals surface area contributed by atoms with Gasteiger partial charge in [0.15, 0.2) is 0 Å². The first-order chi connectivity index (χ1) is 12.2. The number of hydrogen-bond acceptors (Lipinski definition) is 6. The summed E-state index contributed by atoms with van der Waals surface area (Å²) in [5, 5.41) is 0. The van der Waals surface area contributed by atoms with Gasteiger partial charge in [-0.3, -0.25) is 0 Å². The van der Waals surface area contributed by atoms with Gasteiger partial charge in [0.2, 0.25) is 0 Å². The number of ether oxygens (including phenoxy) is 6. The molecule has 0 saturated heterocycles. The van der Waals surface area contributed by atoms with Crippen LogP contribution >= 0.6 is 0 Å². The van der Waals surface area contributed by atoms with E-state index in [9.17, 15) is 0 Å². The SMILES string of the molecule is COC(OC)[Si]C(C)C(C)(C(C)[Si]C(OC)OC)C(C)[Si]C(OC)OC. The minimum absolute atomic E-state index is 0.0231. The van der Waals surface area contributed by atoms with Crippen LogP contribution in [0.1, 0.15) is 27.7 Å². The van der Waals surface area contributed by atoms with Crippen molar-refractivity contribution in [3.05, 3.63) is 0 Å². The first-order valence-electron chi connectivity index (χ1n) is 8.69. The molecule has 0 rings (SSSR count). The van der Waals surface area contributed by atoms with Gasteiger partial charge in [0, 0.05) is 42.7 Å². The van der Waals surface area contributed by atoms with Gasteiger partial charge >= 0.3 is 0 Å². The highest BCUT2D eigenvalue weighted by Gasteiger charge is 2.44. The van der Waals surface area contributed by atoms with Crippen LogP contribution in [0.25, 0.3) is 0 Å². The Bertz CT molecular complexity index is 301. The van der Waals surface area contributed by atoms with E-state index in [1.807, 2.05) is 0 Å². The molecule has 0 fully saturated rings. The Hall–Kier alpha value is 0.411. The minimum Gasteiger partial charge on any atom is -0.360 e. The zero-order valence-electron chi connectivity index (χ0n) is 17.9. The third-order valence-electron chi connectivity index (χ3n) is 5.24. The maximum absolute atomic E-state index is 5.47. The van der Waals surface area contributed by atoms with Crippen molar-refractivity contribution >= 4 is 28.6 Å². The summed E-state index contributed by atoms with van der Waals surface area (Å²) in [6.45, 7) is 9.21. The van der Waals surface area contributed by atoms with E-state index in [1.54, 1.807) is 42.7 Å². The van der Waals surface area contributed by atoms with Crippen LogP contribution in [0.3, 0.4) is 0 Å². The van der Waals surface area contributed by atoms with Crippen molar-refractivity contribution < 1.29 is 28.4 Å². The summed E-state index contributed by atoms with van der Waals surface area (Å²) in [6.07, 6.45) is 0. The molecule has 0 spiro atoms.